The zero-order chi connectivity index (χ0) is 23.7. The zero-order valence-electron chi connectivity index (χ0n) is 19.0. The Kier molecular flexibility index (Phi) is 5.90. The number of pyridine rings is 1. The van der Waals surface area contributed by atoms with E-state index >= 15 is 0 Å². The van der Waals surface area contributed by atoms with E-state index in [9.17, 15) is 4.79 Å². The van der Waals surface area contributed by atoms with E-state index in [4.69, 9.17) is 21.7 Å². The highest BCUT2D eigenvalue weighted by Gasteiger charge is 2.16. The standard InChI is InChI=1S/C27H24ClN5O/c1-18-15-19(2)30-25-24(18)26(32-13-3-4-14-32)31-33(25)17-21-5-9-22(10-6-21)27(34)29-16-20-7-11-23(28)12-8-20/h3-15H,16-17H2,1-2H3,(H,29,34). The Morgan fingerprint density at radius 3 is 2.35 bits per heavy atom. The number of hydrogen-bond acceptors (Lipinski definition) is 3. The predicted octanol–water partition coefficient (Wildman–Crippen LogP) is 5.47. The van der Waals surface area contributed by atoms with Crippen LogP contribution in [-0.4, -0.2) is 25.2 Å². The molecule has 2 aromatic carbocycles. The molecule has 0 saturated carbocycles. The number of nitrogens with one attached hydrogen (secondary N) is 1. The largest absolute Gasteiger partial charge is 0.348 e. The van der Waals surface area contributed by atoms with E-state index in [1.165, 1.54) is 0 Å². The van der Waals surface area contributed by atoms with Gasteiger partial charge in [0.1, 0.15) is 0 Å². The minimum atomic E-state index is -0.117. The number of rotatable bonds is 6. The highest BCUT2D eigenvalue weighted by Crippen LogP contribution is 2.26. The summed E-state index contributed by atoms with van der Waals surface area (Å²) in [6, 6.07) is 21.1. The van der Waals surface area contributed by atoms with Gasteiger partial charge in [0.25, 0.3) is 5.91 Å². The average molecular weight is 470 g/mol. The lowest BCUT2D eigenvalue weighted by Gasteiger charge is -2.08. The third-order valence-electron chi connectivity index (χ3n) is 5.77. The van der Waals surface area contributed by atoms with Crippen LogP contribution < -0.4 is 5.32 Å². The first-order chi connectivity index (χ1) is 16.5. The van der Waals surface area contributed by atoms with Crippen molar-refractivity contribution in [3.8, 4) is 5.82 Å². The fourth-order valence-electron chi connectivity index (χ4n) is 4.08. The fraction of sp³-hybridized carbons (Fsp3) is 0.148. The van der Waals surface area contributed by atoms with Crippen molar-refractivity contribution in [2.75, 3.05) is 0 Å². The first kappa shape index (κ1) is 21.9. The van der Waals surface area contributed by atoms with Gasteiger partial charge in [0.05, 0.1) is 11.9 Å². The molecule has 5 aromatic rings. The Morgan fingerprint density at radius 2 is 1.65 bits per heavy atom. The molecule has 0 spiro atoms. The molecule has 0 aliphatic rings. The summed E-state index contributed by atoms with van der Waals surface area (Å²) in [4.78, 5) is 17.4. The minimum absolute atomic E-state index is 0.117. The van der Waals surface area contributed by atoms with Crippen LogP contribution in [0.4, 0.5) is 0 Å². The molecular weight excluding hydrogens is 446 g/mol. The molecule has 0 fully saturated rings. The van der Waals surface area contributed by atoms with Crippen LogP contribution in [0.2, 0.25) is 5.02 Å². The maximum atomic E-state index is 12.6. The van der Waals surface area contributed by atoms with Crippen molar-refractivity contribution in [1.29, 1.82) is 0 Å². The van der Waals surface area contributed by atoms with E-state index in [1.807, 2.05) is 89.2 Å². The molecule has 0 saturated heterocycles. The molecule has 0 aliphatic heterocycles. The zero-order valence-corrected chi connectivity index (χ0v) is 19.8. The quantitative estimate of drug-likeness (QED) is 0.358. The Labute approximate surface area is 202 Å². The summed E-state index contributed by atoms with van der Waals surface area (Å²) < 4.78 is 3.94. The molecule has 170 valence electrons. The lowest BCUT2D eigenvalue weighted by atomic mass is 10.1. The third-order valence-corrected chi connectivity index (χ3v) is 6.02. The first-order valence-electron chi connectivity index (χ1n) is 11.1. The van der Waals surface area contributed by atoms with Crippen LogP contribution in [0, 0.1) is 13.8 Å². The number of aromatic nitrogens is 4. The lowest BCUT2D eigenvalue weighted by molar-refractivity contribution is 0.0951. The molecule has 34 heavy (non-hydrogen) atoms. The Bertz CT molecular complexity index is 1450. The van der Waals surface area contributed by atoms with Gasteiger partial charge in [-0.15, -0.1) is 0 Å². The van der Waals surface area contributed by atoms with Gasteiger partial charge in [-0.1, -0.05) is 35.9 Å². The van der Waals surface area contributed by atoms with Crippen molar-refractivity contribution in [1.82, 2.24) is 24.6 Å². The summed E-state index contributed by atoms with van der Waals surface area (Å²) in [5.41, 5.74) is 5.60. The number of aryl methyl sites for hydroxylation is 2. The molecule has 0 bridgehead atoms. The molecule has 1 amide bonds. The predicted molar refractivity (Wildman–Crippen MR) is 134 cm³/mol. The van der Waals surface area contributed by atoms with Crippen molar-refractivity contribution in [2.45, 2.75) is 26.9 Å². The normalized spacial score (nSPS) is 11.1. The van der Waals surface area contributed by atoms with E-state index < -0.39 is 0 Å². The van der Waals surface area contributed by atoms with Gasteiger partial charge in [0.15, 0.2) is 11.5 Å². The van der Waals surface area contributed by atoms with Crippen molar-refractivity contribution in [3.63, 3.8) is 0 Å². The van der Waals surface area contributed by atoms with Gasteiger partial charge >= 0.3 is 0 Å². The van der Waals surface area contributed by atoms with E-state index in [0.717, 1.165) is 39.2 Å². The molecule has 5 rings (SSSR count). The van der Waals surface area contributed by atoms with Gasteiger partial charge in [-0.2, -0.15) is 5.10 Å². The number of carbonyl (C=O) groups is 1. The van der Waals surface area contributed by atoms with Gasteiger partial charge in [0.2, 0.25) is 0 Å². The molecule has 7 heteroatoms. The Morgan fingerprint density at radius 1 is 0.971 bits per heavy atom. The van der Waals surface area contributed by atoms with Crippen LogP contribution in [-0.2, 0) is 13.1 Å². The molecular formula is C27H24ClN5O. The van der Waals surface area contributed by atoms with E-state index in [0.29, 0.717) is 23.7 Å². The van der Waals surface area contributed by atoms with Crippen LogP contribution in [0.1, 0.15) is 32.7 Å². The topological polar surface area (TPSA) is 64.7 Å². The number of fused-ring (bicyclic) bond motifs is 1. The SMILES string of the molecule is Cc1cc(C)c2c(-n3cccc3)nn(Cc3ccc(C(=O)NCc4ccc(Cl)cc4)cc3)c2n1. The van der Waals surface area contributed by atoms with Crippen LogP contribution in [0.5, 0.6) is 0 Å². The molecule has 3 aromatic heterocycles. The second kappa shape index (κ2) is 9.15. The second-order valence-corrected chi connectivity index (χ2v) is 8.79. The van der Waals surface area contributed by atoms with E-state index in [1.54, 1.807) is 0 Å². The summed E-state index contributed by atoms with van der Waals surface area (Å²) >= 11 is 5.92. The number of carbonyl (C=O) groups excluding carboxylic acids is 1. The average Bonchev–Trinajstić information content (AvgIpc) is 3.48. The first-order valence-corrected chi connectivity index (χ1v) is 11.5. The molecule has 1 N–H and O–H groups in total. The maximum Gasteiger partial charge on any atom is 0.251 e. The molecule has 0 aliphatic carbocycles. The summed E-state index contributed by atoms with van der Waals surface area (Å²) in [7, 11) is 0. The van der Waals surface area contributed by atoms with Gasteiger partial charge in [0, 0.05) is 35.2 Å². The van der Waals surface area contributed by atoms with E-state index in [2.05, 4.69) is 18.3 Å². The molecule has 6 nitrogen and oxygen atoms in total. The highest BCUT2D eigenvalue weighted by molar-refractivity contribution is 6.30. The van der Waals surface area contributed by atoms with Gasteiger partial charge < -0.3 is 9.88 Å². The summed E-state index contributed by atoms with van der Waals surface area (Å²) in [6.45, 7) is 5.09. The molecule has 0 unspecified atom stereocenters. The Hall–Kier alpha value is -3.90. The van der Waals surface area contributed by atoms with Crippen molar-refractivity contribution < 1.29 is 4.79 Å². The van der Waals surface area contributed by atoms with E-state index in [-0.39, 0.29) is 5.91 Å². The van der Waals surface area contributed by atoms with Crippen LogP contribution >= 0.6 is 11.6 Å². The van der Waals surface area contributed by atoms with Crippen LogP contribution in [0.3, 0.4) is 0 Å². The number of hydrogen-bond donors (Lipinski definition) is 1. The second-order valence-electron chi connectivity index (χ2n) is 8.36. The molecule has 0 radical (unpaired) electrons. The van der Waals surface area contributed by atoms with Crippen LogP contribution in [0.15, 0.2) is 79.1 Å². The summed E-state index contributed by atoms with van der Waals surface area (Å²) in [5, 5.41) is 9.55. The summed E-state index contributed by atoms with van der Waals surface area (Å²) in [5.74, 6) is 0.747. The van der Waals surface area contributed by atoms with Crippen molar-refractivity contribution in [3.05, 3.63) is 112 Å². The lowest BCUT2D eigenvalue weighted by Crippen LogP contribution is -2.22. The van der Waals surface area contributed by atoms with Gasteiger partial charge in [-0.3, -0.25) is 4.79 Å². The third kappa shape index (κ3) is 4.45. The molecule has 0 atom stereocenters. The number of nitrogens with zero attached hydrogens (tertiary/aromatic N) is 4. The number of benzene rings is 2. The summed E-state index contributed by atoms with van der Waals surface area (Å²) in [6.07, 6.45) is 3.98. The smallest absolute Gasteiger partial charge is 0.251 e. The monoisotopic (exact) mass is 469 g/mol. The highest BCUT2D eigenvalue weighted by atomic mass is 35.5. The van der Waals surface area contributed by atoms with Gasteiger partial charge in [-0.05, 0) is 73.0 Å². The fourth-order valence-corrected chi connectivity index (χ4v) is 4.21. The minimum Gasteiger partial charge on any atom is -0.348 e. The maximum absolute atomic E-state index is 12.6. The van der Waals surface area contributed by atoms with Crippen molar-refractivity contribution >= 4 is 28.5 Å². The number of amides is 1. The van der Waals surface area contributed by atoms with Gasteiger partial charge in [-0.25, -0.2) is 9.67 Å². The number of halogens is 1. The van der Waals surface area contributed by atoms with Crippen molar-refractivity contribution in [2.24, 2.45) is 0 Å². The van der Waals surface area contributed by atoms with Crippen LogP contribution in [0.25, 0.3) is 16.9 Å². The Balaban J connectivity index is 1.36. The molecule has 3 heterocycles.